The van der Waals surface area contributed by atoms with Gasteiger partial charge >= 0.3 is 6.18 Å². The third kappa shape index (κ3) is 3.46. The van der Waals surface area contributed by atoms with E-state index in [1.54, 1.807) is 30.3 Å². The summed E-state index contributed by atoms with van der Waals surface area (Å²) < 4.78 is 38.6. The highest BCUT2D eigenvalue weighted by Gasteiger charge is 2.32. The van der Waals surface area contributed by atoms with Crippen LogP contribution in [-0.4, -0.2) is 11.9 Å². The molecule has 0 aromatic heterocycles. The lowest BCUT2D eigenvalue weighted by molar-refractivity contribution is -0.137. The number of alkyl halides is 3. The van der Waals surface area contributed by atoms with Gasteiger partial charge in [-0.2, -0.15) is 13.2 Å². The number of nitrogens with two attached hydrogens (primary N) is 2. The number of halogens is 3. The molecule has 0 fully saturated rings. The van der Waals surface area contributed by atoms with Gasteiger partial charge in [0.15, 0.2) is 0 Å². The maximum absolute atomic E-state index is 12.9. The zero-order chi connectivity index (χ0) is 16.3. The SMILES string of the molecule is NC(=O)[C@@H](N)[C@H](c1ccccc1)c1cccc(C(F)(F)F)c1. The number of carbonyl (C=O) groups excluding carboxylic acids is 1. The molecular weight excluding hydrogens is 293 g/mol. The Balaban J connectivity index is 2.53. The molecule has 2 aromatic rings. The summed E-state index contributed by atoms with van der Waals surface area (Å²) in [5.41, 5.74) is 11.2. The van der Waals surface area contributed by atoms with E-state index in [1.807, 2.05) is 0 Å². The monoisotopic (exact) mass is 308 g/mol. The first-order valence-electron chi connectivity index (χ1n) is 6.57. The summed E-state index contributed by atoms with van der Waals surface area (Å²) in [6.07, 6.45) is -4.46. The van der Waals surface area contributed by atoms with Crippen molar-refractivity contribution in [3.8, 4) is 0 Å². The molecule has 2 aromatic carbocycles. The topological polar surface area (TPSA) is 69.1 Å². The Bertz CT molecular complexity index is 656. The quantitative estimate of drug-likeness (QED) is 0.911. The van der Waals surface area contributed by atoms with Crippen LogP contribution in [0.15, 0.2) is 54.6 Å². The van der Waals surface area contributed by atoms with Gasteiger partial charge in [-0.3, -0.25) is 4.79 Å². The summed E-state index contributed by atoms with van der Waals surface area (Å²) in [7, 11) is 0. The van der Waals surface area contributed by atoms with Gasteiger partial charge in [-0.1, -0.05) is 48.5 Å². The van der Waals surface area contributed by atoms with E-state index in [4.69, 9.17) is 11.5 Å². The number of amides is 1. The summed E-state index contributed by atoms with van der Waals surface area (Å²) in [5.74, 6) is -1.51. The number of rotatable bonds is 4. The average molecular weight is 308 g/mol. The van der Waals surface area contributed by atoms with Crippen molar-refractivity contribution in [3.63, 3.8) is 0 Å². The smallest absolute Gasteiger partial charge is 0.368 e. The fourth-order valence-corrected chi connectivity index (χ4v) is 2.34. The highest BCUT2D eigenvalue weighted by Crippen LogP contribution is 2.33. The lowest BCUT2D eigenvalue weighted by Gasteiger charge is -2.23. The Morgan fingerprint density at radius 2 is 1.55 bits per heavy atom. The second kappa shape index (κ2) is 6.19. The van der Waals surface area contributed by atoms with Crippen molar-refractivity contribution in [1.82, 2.24) is 0 Å². The Hall–Kier alpha value is -2.34. The van der Waals surface area contributed by atoms with Crippen LogP contribution in [0.1, 0.15) is 22.6 Å². The molecule has 0 heterocycles. The average Bonchev–Trinajstić information content (AvgIpc) is 2.48. The Morgan fingerprint density at radius 3 is 2.09 bits per heavy atom. The lowest BCUT2D eigenvalue weighted by atomic mass is 9.84. The first-order chi connectivity index (χ1) is 10.3. The van der Waals surface area contributed by atoms with Crippen molar-refractivity contribution in [2.75, 3.05) is 0 Å². The molecule has 4 N–H and O–H groups in total. The Labute approximate surface area is 125 Å². The summed E-state index contributed by atoms with van der Waals surface area (Å²) >= 11 is 0. The lowest BCUT2D eigenvalue weighted by Crippen LogP contribution is -2.42. The van der Waals surface area contributed by atoms with Crippen LogP contribution in [0.3, 0.4) is 0 Å². The third-order valence-electron chi connectivity index (χ3n) is 3.42. The second-order valence-corrected chi connectivity index (χ2v) is 4.94. The van der Waals surface area contributed by atoms with Gasteiger partial charge in [0.05, 0.1) is 11.6 Å². The van der Waals surface area contributed by atoms with Crippen LogP contribution in [0.2, 0.25) is 0 Å². The second-order valence-electron chi connectivity index (χ2n) is 4.94. The van der Waals surface area contributed by atoms with Gasteiger partial charge in [-0.25, -0.2) is 0 Å². The molecule has 0 aliphatic carbocycles. The first-order valence-corrected chi connectivity index (χ1v) is 6.57. The minimum Gasteiger partial charge on any atom is -0.368 e. The summed E-state index contributed by atoms with van der Waals surface area (Å²) in [6, 6.07) is 12.3. The third-order valence-corrected chi connectivity index (χ3v) is 3.42. The number of hydrogen-bond donors (Lipinski definition) is 2. The van der Waals surface area contributed by atoms with Crippen molar-refractivity contribution in [2.45, 2.75) is 18.1 Å². The molecule has 6 heteroatoms. The molecule has 2 atom stereocenters. The van der Waals surface area contributed by atoms with E-state index in [0.29, 0.717) is 11.1 Å². The fourth-order valence-electron chi connectivity index (χ4n) is 2.34. The van der Waals surface area contributed by atoms with Gasteiger partial charge in [0.2, 0.25) is 5.91 Å². The van der Waals surface area contributed by atoms with E-state index in [0.717, 1.165) is 12.1 Å². The number of carbonyl (C=O) groups is 1. The molecule has 22 heavy (non-hydrogen) atoms. The number of hydrogen-bond acceptors (Lipinski definition) is 2. The van der Waals surface area contributed by atoms with Crippen molar-refractivity contribution in [1.29, 1.82) is 0 Å². The zero-order valence-corrected chi connectivity index (χ0v) is 11.5. The standard InChI is InChI=1S/C16H15F3N2O/c17-16(18,19)12-8-4-7-11(9-12)13(14(20)15(21)22)10-5-2-1-3-6-10/h1-9,13-14H,20H2,(H2,21,22)/t13-,14+/m1/s1. The maximum Gasteiger partial charge on any atom is 0.416 e. The largest absolute Gasteiger partial charge is 0.416 e. The number of benzene rings is 2. The molecule has 0 aliphatic rings. The normalized spacial score (nSPS) is 14.4. The molecule has 0 unspecified atom stereocenters. The minimum absolute atomic E-state index is 0.298. The van der Waals surface area contributed by atoms with Crippen LogP contribution in [0.5, 0.6) is 0 Å². The maximum atomic E-state index is 12.9. The predicted molar refractivity (Wildman–Crippen MR) is 76.9 cm³/mol. The van der Waals surface area contributed by atoms with E-state index in [9.17, 15) is 18.0 Å². The van der Waals surface area contributed by atoms with Crippen molar-refractivity contribution in [3.05, 3.63) is 71.3 Å². The molecule has 0 spiro atoms. The van der Waals surface area contributed by atoms with E-state index >= 15 is 0 Å². The van der Waals surface area contributed by atoms with Gasteiger partial charge in [0.1, 0.15) is 0 Å². The molecule has 0 saturated carbocycles. The van der Waals surface area contributed by atoms with E-state index in [2.05, 4.69) is 0 Å². The predicted octanol–water partition coefficient (Wildman–Crippen LogP) is 2.65. The molecule has 0 bridgehead atoms. The molecule has 0 saturated heterocycles. The van der Waals surface area contributed by atoms with E-state index in [1.165, 1.54) is 12.1 Å². The van der Waals surface area contributed by atoms with E-state index < -0.39 is 29.6 Å². The van der Waals surface area contributed by atoms with Crippen molar-refractivity contribution in [2.24, 2.45) is 11.5 Å². The molecule has 1 amide bonds. The summed E-state index contributed by atoms with van der Waals surface area (Å²) in [4.78, 5) is 11.4. The van der Waals surface area contributed by atoms with Gasteiger partial charge in [-0.05, 0) is 17.2 Å². The van der Waals surface area contributed by atoms with Gasteiger partial charge < -0.3 is 11.5 Å². The van der Waals surface area contributed by atoms with Crippen LogP contribution in [0.25, 0.3) is 0 Å². The highest BCUT2D eigenvalue weighted by molar-refractivity contribution is 5.81. The van der Waals surface area contributed by atoms with Crippen LogP contribution < -0.4 is 11.5 Å². The Morgan fingerprint density at radius 1 is 0.955 bits per heavy atom. The number of primary amides is 1. The molecule has 116 valence electrons. The van der Waals surface area contributed by atoms with E-state index in [-0.39, 0.29) is 0 Å². The van der Waals surface area contributed by atoms with Gasteiger partial charge in [0, 0.05) is 5.92 Å². The van der Waals surface area contributed by atoms with Crippen LogP contribution in [-0.2, 0) is 11.0 Å². The zero-order valence-electron chi connectivity index (χ0n) is 11.5. The van der Waals surface area contributed by atoms with Crippen LogP contribution in [0, 0.1) is 0 Å². The van der Waals surface area contributed by atoms with Crippen LogP contribution in [0.4, 0.5) is 13.2 Å². The highest BCUT2D eigenvalue weighted by atomic mass is 19.4. The van der Waals surface area contributed by atoms with Crippen molar-refractivity contribution < 1.29 is 18.0 Å². The minimum atomic E-state index is -4.46. The molecule has 0 aliphatic heterocycles. The fraction of sp³-hybridized carbons (Fsp3) is 0.188. The van der Waals surface area contributed by atoms with Crippen molar-refractivity contribution >= 4 is 5.91 Å². The van der Waals surface area contributed by atoms with Gasteiger partial charge in [-0.15, -0.1) is 0 Å². The summed E-state index contributed by atoms with van der Waals surface area (Å²) in [6.45, 7) is 0. The Kier molecular flexibility index (Phi) is 4.51. The molecule has 3 nitrogen and oxygen atoms in total. The first kappa shape index (κ1) is 16.0. The van der Waals surface area contributed by atoms with Crippen LogP contribution >= 0.6 is 0 Å². The summed E-state index contributed by atoms with van der Waals surface area (Å²) in [5, 5.41) is 0. The molecule has 0 radical (unpaired) electrons. The molecular formula is C16H15F3N2O. The van der Waals surface area contributed by atoms with Gasteiger partial charge in [0.25, 0.3) is 0 Å². The molecule has 2 rings (SSSR count).